The Labute approximate surface area is 172 Å². The molecule has 29 heavy (non-hydrogen) atoms. The number of rotatable bonds is 7. The summed E-state index contributed by atoms with van der Waals surface area (Å²) < 4.78 is 7.72. The molecule has 1 N–H and O–H groups in total. The van der Waals surface area contributed by atoms with Crippen molar-refractivity contribution < 1.29 is 9.53 Å². The zero-order valence-electron chi connectivity index (χ0n) is 18.1. The average molecular weight is 395 g/mol. The minimum Gasteiger partial charge on any atom is -0.491 e. The van der Waals surface area contributed by atoms with E-state index in [1.165, 1.54) is 0 Å². The molecule has 0 unspecified atom stereocenters. The van der Waals surface area contributed by atoms with Crippen LogP contribution in [0.1, 0.15) is 75.1 Å². The largest absolute Gasteiger partial charge is 0.491 e. The van der Waals surface area contributed by atoms with Gasteiger partial charge in [0, 0.05) is 23.8 Å². The molecule has 0 atom stereocenters. The molecule has 3 aromatic rings. The zero-order chi connectivity index (χ0) is 21.1. The zero-order valence-corrected chi connectivity index (χ0v) is 18.1. The van der Waals surface area contributed by atoms with Gasteiger partial charge in [0.05, 0.1) is 23.3 Å². The second kappa shape index (κ2) is 8.64. The van der Waals surface area contributed by atoms with E-state index in [2.05, 4.69) is 38.1 Å². The number of fused-ring (bicyclic) bond motifs is 1. The van der Waals surface area contributed by atoms with Gasteiger partial charge in [0.25, 0.3) is 5.91 Å². The number of pyridine rings is 1. The quantitative estimate of drug-likeness (QED) is 0.622. The highest BCUT2D eigenvalue weighted by molar-refractivity contribution is 6.05. The van der Waals surface area contributed by atoms with E-state index < -0.39 is 0 Å². The Morgan fingerprint density at radius 1 is 1.14 bits per heavy atom. The third-order valence-corrected chi connectivity index (χ3v) is 4.69. The summed E-state index contributed by atoms with van der Waals surface area (Å²) in [6, 6.07) is 9.82. The van der Waals surface area contributed by atoms with E-state index in [9.17, 15) is 4.79 Å². The molecule has 2 heterocycles. The topological polar surface area (TPSA) is 69.0 Å². The molecule has 0 aliphatic heterocycles. The third-order valence-electron chi connectivity index (χ3n) is 4.69. The fourth-order valence-electron chi connectivity index (χ4n) is 3.19. The van der Waals surface area contributed by atoms with Crippen LogP contribution in [0.15, 0.2) is 36.5 Å². The molecule has 0 saturated heterocycles. The van der Waals surface area contributed by atoms with Gasteiger partial charge in [-0.2, -0.15) is 5.10 Å². The van der Waals surface area contributed by atoms with Gasteiger partial charge in [-0.1, -0.05) is 32.0 Å². The van der Waals surface area contributed by atoms with Crippen molar-refractivity contribution in [2.45, 2.75) is 66.2 Å². The molecule has 154 valence electrons. The molecule has 2 aromatic heterocycles. The predicted molar refractivity (Wildman–Crippen MR) is 115 cm³/mol. The lowest BCUT2D eigenvalue weighted by molar-refractivity contribution is 0.0952. The number of nitrogens with one attached hydrogen (secondary N) is 1. The van der Waals surface area contributed by atoms with E-state index in [-0.39, 0.29) is 24.0 Å². The van der Waals surface area contributed by atoms with E-state index in [1.54, 1.807) is 6.20 Å². The molecular weight excluding hydrogens is 364 g/mol. The Kier molecular flexibility index (Phi) is 6.20. The highest BCUT2D eigenvalue weighted by Crippen LogP contribution is 2.25. The van der Waals surface area contributed by atoms with Gasteiger partial charge >= 0.3 is 0 Å². The minimum atomic E-state index is -0.137. The Hall–Kier alpha value is -2.89. The lowest BCUT2D eigenvalue weighted by Crippen LogP contribution is -2.24. The van der Waals surface area contributed by atoms with Crippen molar-refractivity contribution in [3.05, 3.63) is 53.3 Å². The average Bonchev–Trinajstić information content (AvgIpc) is 3.10. The maximum Gasteiger partial charge on any atom is 0.252 e. The minimum absolute atomic E-state index is 0.0714. The van der Waals surface area contributed by atoms with Crippen LogP contribution in [0.4, 0.5) is 0 Å². The highest BCUT2D eigenvalue weighted by atomic mass is 16.5. The molecule has 0 spiro atoms. The van der Waals surface area contributed by atoms with Crippen LogP contribution in [0.3, 0.4) is 0 Å². The van der Waals surface area contributed by atoms with Gasteiger partial charge in [-0.05, 0) is 45.7 Å². The van der Waals surface area contributed by atoms with Gasteiger partial charge in [0.15, 0.2) is 5.65 Å². The highest BCUT2D eigenvalue weighted by Gasteiger charge is 2.19. The van der Waals surface area contributed by atoms with Crippen LogP contribution in [0.2, 0.25) is 0 Å². The number of aromatic nitrogens is 3. The van der Waals surface area contributed by atoms with Crippen LogP contribution in [0, 0.1) is 0 Å². The second-order valence-electron chi connectivity index (χ2n) is 8.13. The van der Waals surface area contributed by atoms with Crippen molar-refractivity contribution in [1.82, 2.24) is 20.1 Å². The van der Waals surface area contributed by atoms with E-state index >= 15 is 0 Å². The number of carbonyl (C=O) groups excluding carboxylic acids is 1. The number of nitrogens with zero attached hydrogens (tertiary/aromatic N) is 3. The number of benzene rings is 1. The summed E-state index contributed by atoms with van der Waals surface area (Å²) in [6.07, 6.45) is 1.80. The van der Waals surface area contributed by atoms with Crippen molar-refractivity contribution in [1.29, 1.82) is 0 Å². The molecule has 6 nitrogen and oxygen atoms in total. The molecule has 0 fully saturated rings. The maximum atomic E-state index is 13.1. The summed E-state index contributed by atoms with van der Waals surface area (Å²) in [7, 11) is 0. The van der Waals surface area contributed by atoms with Crippen molar-refractivity contribution >= 4 is 16.9 Å². The van der Waals surface area contributed by atoms with Crippen LogP contribution in [-0.2, 0) is 6.54 Å². The molecule has 0 bridgehead atoms. The SMILES string of the molecule is CC(C)Oc1ccccc1CNC(=O)c1cc(C(C)C)nc2c1cnn2C(C)C. The molecule has 1 aromatic carbocycles. The van der Waals surface area contributed by atoms with E-state index in [1.807, 2.05) is 48.9 Å². The first-order valence-electron chi connectivity index (χ1n) is 10.2. The number of hydrogen-bond acceptors (Lipinski definition) is 4. The molecule has 1 amide bonds. The summed E-state index contributed by atoms with van der Waals surface area (Å²) in [5, 5.41) is 8.27. The van der Waals surface area contributed by atoms with E-state index in [4.69, 9.17) is 9.72 Å². The van der Waals surface area contributed by atoms with Crippen molar-refractivity contribution in [2.75, 3.05) is 0 Å². The molecule has 0 aliphatic carbocycles. The fraction of sp³-hybridized carbons (Fsp3) is 0.435. The van der Waals surface area contributed by atoms with Crippen molar-refractivity contribution in [3.8, 4) is 5.75 Å². The molecule has 6 heteroatoms. The summed E-state index contributed by atoms with van der Waals surface area (Å²) >= 11 is 0. The summed E-state index contributed by atoms with van der Waals surface area (Å²) in [4.78, 5) is 17.9. The Bertz CT molecular complexity index is 1010. The molecule has 3 rings (SSSR count). The summed E-state index contributed by atoms with van der Waals surface area (Å²) in [5.74, 6) is 0.863. The van der Waals surface area contributed by atoms with Gasteiger partial charge < -0.3 is 10.1 Å². The van der Waals surface area contributed by atoms with Crippen molar-refractivity contribution in [3.63, 3.8) is 0 Å². The number of hydrogen-bond donors (Lipinski definition) is 1. The summed E-state index contributed by atoms with van der Waals surface area (Å²) in [6.45, 7) is 12.6. The fourth-order valence-corrected chi connectivity index (χ4v) is 3.19. The molecule has 0 aliphatic rings. The second-order valence-corrected chi connectivity index (χ2v) is 8.13. The third kappa shape index (κ3) is 4.58. The predicted octanol–water partition coefficient (Wildman–Crippen LogP) is 4.85. The van der Waals surface area contributed by atoms with Crippen LogP contribution in [0.5, 0.6) is 5.75 Å². The van der Waals surface area contributed by atoms with Gasteiger partial charge in [0.1, 0.15) is 5.75 Å². The Morgan fingerprint density at radius 2 is 1.86 bits per heavy atom. The first kappa shape index (κ1) is 20.8. The Balaban J connectivity index is 1.92. The van der Waals surface area contributed by atoms with Gasteiger partial charge in [-0.3, -0.25) is 4.79 Å². The molecular formula is C23H30N4O2. The number of ether oxygens (including phenoxy) is 1. The first-order valence-corrected chi connectivity index (χ1v) is 10.2. The van der Waals surface area contributed by atoms with Gasteiger partial charge in [-0.25, -0.2) is 9.67 Å². The van der Waals surface area contributed by atoms with Gasteiger partial charge in [0.2, 0.25) is 0 Å². The molecule has 0 radical (unpaired) electrons. The number of amides is 1. The maximum absolute atomic E-state index is 13.1. The number of carbonyl (C=O) groups is 1. The standard InChI is InChI=1S/C23H30N4O2/c1-14(2)20-11-18(19-13-25-27(15(3)4)22(19)26-20)23(28)24-12-17-9-7-8-10-21(17)29-16(5)6/h7-11,13-16H,12H2,1-6H3,(H,24,28). The van der Waals surface area contributed by atoms with Crippen molar-refractivity contribution in [2.24, 2.45) is 0 Å². The normalized spacial score (nSPS) is 11.6. The van der Waals surface area contributed by atoms with Crippen LogP contribution in [0.25, 0.3) is 11.0 Å². The van der Waals surface area contributed by atoms with E-state index in [0.717, 1.165) is 28.0 Å². The van der Waals surface area contributed by atoms with Gasteiger partial charge in [-0.15, -0.1) is 0 Å². The molecule has 0 saturated carbocycles. The van der Waals surface area contributed by atoms with Crippen LogP contribution >= 0.6 is 0 Å². The lowest BCUT2D eigenvalue weighted by atomic mass is 10.0. The van der Waals surface area contributed by atoms with Crippen LogP contribution < -0.4 is 10.1 Å². The monoisotopic (exact) mass is 394 g/mol. The first-order chi connectivity index (χ1) is 13.8. The lowest BCUT2D eigenvalue weighted by Gasteiger charge is -2.15. The summed E-state index contributed by atoms with van der Waals surface area (Å²) in [5.41, 5.74) is 3.18. The van der Waals surface area contributed by atoms with E-state index in [0.29, 0.717) is 12.1 Å². The smallest absolute Gasteiger partial charge is 0.252 e. The van der Waals surface area contributed by atoms with Crippen LogP contribution in [-0.4, -0.2) is 26.8 Å². The number of para-hydroxylation sites is 1. The Morgan fingerprint density at radius 3 is 2.52 bits per heavy atom.